The van der Waals surface area contributed by atoms with Crippen molar-refractivity contribution in [2.45, 2.75) is 60.6 Å². The van der Waals surface area contributed by atoms with Gasteiger partial charge >= 0.3 is 41.9 Å². The van der Waals surface area contributed by atoms with Crippen LogP contribution in [-0.2, 0) is 23.3 Å². The summed E-state index contributed by atoms with van der Waals surface area (Å²) < 4.78 is 0. The Kier molecular flexibility index (Phi) is 13.8. The molecular weight excluding hydrogens is 587 g/mol. The van der Waals surface area contributed by atoms with Gasteiger partial charge in [0.2, 0.25) is 0 Å². The van der Waals surface area contributed by atoms with E-state index in [1.165, 1.54) is 60.5 Å². The number of fused-ring (bicyclic) bond motifs is 2. The molecule has 0 aromatic heterocycles. The van der Waals surface area contributed by atoms with Crippen LogP contribution < -0.4 is 24.8 Å². The largest absolute Gasteiger partial charge is 1.00 e. The molecule has 0 unspecified atom stereocenters. The Balaban J connectivity index is 0.000000313. The van der Waals surface area contributed by atoms with Crippen LogP contribution in [-0.4, -0.2) is 5.43 Å². The molecule has 0 aliphatic rings. The summed E-state index contributed by atoms with van der Waals surface area (Å²) in [6.45, 7) is 17.8. The van der Waals surface area contributed by atoms with Crippen molar-refractivity contribution >= 4 is 27.0 Å². The molecule has 0 bridgehead atoms. The first kappa shape index (κ1) is 33.6. The van der Waals surface area contributed by atoms with Crippen molar-refractivity contribution in [1.82, 2.24) is 0 Å². The summed E-state index contributed by atoms with van der Waals surface area (Å²) in [4.78, 5) is 0. The van der Waals surface area contributed by atoms with E-state index in [9.17, 15) is 0 Å². The van der Waals surface area contributed by atoms with E-state index in [-0.39, 0.29) is 30.2 Å². The molecule has 0 fully saturated rings. The van der Waals surface area contributed by atoms with Crippen LogP contribution in [0, 0.1) is 27.7 Å². The minimum absolute atomic E-state index is 0. The number of halogens is 2. The van der Waals surface area contributed by atoms with E-state index >= 15 is 0 Å². The van der Waals surface area contributed by atoms with Crippen LogP contribution in [0.15, 0.2) is 78.9 Å². The Labute approximate surface area is 251 Å². The first-order valence-electron chi connectivity index (χ1n) is 12.5. The normalized spacial score (nSPS) is 10.1. The SMILES string of the molecule is C[Si](C)=[Zr+2].Cc1cc2c(-c3ccccc3)ccc(C)c2[cH-]1.Cc1cc2cc(C(C)C)[cH-]c2cc1C.[Cl-].[Cl-]. The quantitative estimate of drug-likeness (QED) is 0.206. The first-order chi connectivity index (χ1) is 16.6. The molecule has 5 rings (SSSR count). The molecule has 5 aromatic carbocycles. The van der Waals surface area contributed by atoms with Crippen molar-refractivity contribution in [3.63, 3.8) is 0 Å². The van der Waals surface area contributed by atoms with Crippen LogP contribution in [0.3, 0.4) is 0 Å². The summed E-state index contributed by atoms with van der Waals surface area (Å²) in [6, 6.07) is 28.8. The number of rotatable bonds is 2. The Morgan fingerprint density at radius 1 is 0.730 bits per heavy atom. The van der Waals surface area contributed by atoms with Crippen LogP contribution >= 0.6 is 0 Å². The van der Waals surface area contributed by atoms with Gasteiger partial charge in [-0.25, -0.2) is 0 Å². The van der Waals surface area contributed by atoms with Gasteiger partial charge < -0.3 is 24.8 Å². The van der Waals surface area contributed by atoms with Gasteiger partial charge in [-0.05, 0) is 25.3 Å². The topological polar surface area (TPSA) is 0 Å². The van der Waals surface area contributed by atoms with Crippen LogP contribution in [0.2, 0.25) is 13.1 Å². The molecule has 4 heteroatoms. The molecule has 0 heterocycles. The average molecular weight is 625 g/mol. The van der Waals surface area contributed by atoms with Gasteiger partial charge in [0.1, 0.15) is 0 Å². The second-order valence-electron chi connectivity index (χ2n) is 10.2. The van der Waals surface area contributed by atoms with Crippen molar-refractivity contribution < 1.29 is 48.1 Å². The van der Waals surface area contributed by atoms with Gasteiger partial charge in [0.25, 0.3) is 0 Å². The maximum absolute atomic E-state index is 2.31. The van der Waals surface area contributed by atoms with Crippen molar-refractivity contribution in [3.05, 3.63) is 107 Å². The zero-order chi connectivity index (χ0) is 25.7. The fraction of sp³-hybridized carbons (Fsp3) is 0.273. The van der Waals surface area contributed by atoms with Crippen molar-refractivity contribution in [2.75, 3.05) is 0 Å². The van der Waals surface area contributed by atoms with E-state index in [4.69, 9.17) is 0 Å². The molecule has 0 amide bonds. The summed E-state index contributed by atoms with van der Waals surface area (Å²) in [5, 5.41) is 5.52. The molecule has 0 nitrogen and oxygen atoms in total. The third-order valence-electron chi connectivity index (χ3n) is 6.34. The summed E-state index contributed by atoms with van der Waals surface area (Å²) >= 11 is 1.74. The minimum Gasteiger partial charge on any atom is -1.00 e. The second-order valence-corrected chi connectivity index (χ2v) is 19.5. The van der Waals surface area contributed by atoms with Gasteiger partial charge in [-0.3, -0.25) is 0 Å². The summed E-state index contributed by atoms with van der Waals surface area (Å²) in [5.74, 6) is 0.628. The fourth-order valence-corrected chi connectivity index (χ4v) is 4.30. The zero-order valence-electron chi connectivity index (χ0n) is 23.3. The molecule has 5 aromatic rings. The summed E-state index contributed by atoms with van der Waals surface area (Å²) in [5.41, 5.74) is 9.76. The van der Waals surface area contributed by atoms with E-state index in [2.05, 4.69) is 133 Å². The van der Waals surface area contributed by atoms with E-state index < -0.39 is 0 Å². The molecule has 194 valence electrons. The molecule has 0 spiro atoms. The van der Waals surface area contributed by atoms with E-state index in [0.717, 1.165) is 0 Å². The van der Waals surface area contributed by atoms with Crippen molar-refractivity contribution in [3.8, 4) is 11.1 Å². The van der Waals surface area contributed by atoms with Crippen LogP contribution in [0.25, 0.3) is 32.7 Å². The molecule has 0 radical (unpaired) electrons. The summed E-state index contributed by atoms with van der Waals surface area (Å²) in [7, 11) is 0. The average Bonchev–Trinajstić information content (AvgIpc) is 3.39. The van der Waals surface area contributed by atoms with Crippen LogP contribution in [0.4, 0.5) is 0 Å². The van der Waals surface area contributed by atoms with Crippen LogP contribution in [0.1, 0.15) is 47.6 Å². The van der Waals surface area contributed by atoms with E-state index in [1.54, 1.807) is 23.3 Å². The number of benzene rings is 3. The molecule has 0 atom stereocenters. The number of hydrogen-bond acceptors (Lipinski definition) is 0. The first-order valence-corrected chi connectivity index (χ1v) is 18.7. The third-order valence-corrected chi connectivity index (χ3v) is 6.34. The minimum atomic E-state index is 0. The predicted molar refractivity (Wildman–Crippen MR) is 155 cm³/mol. The standard InChI is InChI=1S/C17H15.C14H17.C2H6Si.2ClH.Zr/c1-12-10-16-13(2)8-9-15(17(16)11-12)14-6-4-3-5-7-14;1-9(2)12-7-13-5-10(3)11(4)6-14(13)8-12;1-3-2;;;/h3-11H,1-2H3;5-9H,1-4H3;1-2H3;2*1H;/q2*-1;;;;+2/p-2. The van der Waals surface area contributed by atoms with Gasteiger partial charge in [-0.1, -0.05) is 80.8 Å². The second kappa shape index (κ2) is 15.2. The van der Waals surface area contributed by atoms with Crippen molar-refractivity contribution in [2.24, 2.45) is 0 Å². The molecule has 0 aliphatic heterocycles. The fourth-order valence-electron chi connectivity index (χ4n) is 4.30. The smallest absolute Gasteiger partial charge is 0.0279 e. The van der Waals surface area contributed by atoms with Gasteiger partial charge in [-0.2, -0.15) is 12.1 Å². The molecular formula is C33H38Cl2SiZr-2. The zero-order valence-corrected chi connectivity index (χ0v) is 28.3. The Bertz CT molecular complexity index is 1400. The molecule has 37 heavy (non-hydrogen) atoms. The molecule has 0 saturated heterocycles. The maximum atomic E-state index is 2.31. The Morgan fingerprint density at radius 3 is 1.92 bits per heavy atom. The molecule has 0 aliphatic carbocycles. The van der Waals surface area contributed by atoms with Crippen molar-refractivity contribution in [1.29, 1.82) is 0 Å². The maximum Gasteiger partial charge on any atom is -0.0279 e. The number of hydrogen-bond donors (Lipinski definition) is 0. The summed E-state index contributed by atoms with van der Waals surface area (Å²) in [6.07, 6.45) is 0. The van der Waals surface area contributed by atoms with E-state index in [0.29, 0.717) is 5.92 Å². The molecule has 0 N–H and O–H groups in total. The van der Waals surface area contributed by atoms with Gasteiger partial charge in [-0.15, -0.1) is 68.6 Å². The monoisotopic (exact) mass is 622 g/mol. The number of aryl methyl sites for hydroxylation is 4. The predicted octanol–water partition coefficient (Wildman–Crippen LogP) is 3.93. The van der Waals surface area contributed by atoms with Gasteiger partial charge in [0, 0.05) is 0 Å². The Hall–Kier alpha value is -1.44. The molecule has 0 saturated carbocycles. The van der Waals surface area contributed by atoms with Gasteiger partial charge in [0.05, 0.1) is 0 Å². The van der Waals surface area contributed by atoms with E-state index in [1.807, 2.05) is 0 Å². The van der Waals surface area contributed by atoms with Gasteiger partial charge in [0.15, 0.2) is 0 Å². The van der Waals surface area contributed by atoms with Crippen LogP contribution in [0.5, 0.6) is 0 Å². The third kappa shape index (κ3) is 9.07. The Morgan fingerprint density at radius 2 is 1.32 bits per heavy atom.